The molecule has 0 fully saturated rings. The first-order chi connectivity index (χ1) is 5.70. The number of benzene rings is 1. The topological polar surface area (TPSA) is 28.7 Å². The SMILES string of the molecule is Cc1c(Cl)c(Br)cc2cn[nH]c12. The van der Waals surface area contributed by atoms with E-state index >= 15 is 0 Å². The molecular weight excluding hydrogens is 239 g/mol. The summed E-state index contributed by atoms with van der Waals surface area (Å²) in [7, 11) is 0. The highest BCUT2D eigenvalue weighted by atomic mass is 79.9. The van der Waals surface area contributed by atoms with Gasteiger partial charge in [-0.15, -0.1) is 0 Å². The number of aryl methyl sites for hydroxylation is 1. The van der Waals surface area contributed by atoms with Crippen molar-refractivity contribution in [2.75, 3.05) is 0 Å². The normalized spacial score (nSPS) is 10.9. The first-order valence-electron chi connectivity index (χ1n) is 3.48. The predicted octanol–water partition coefficient (Wildman–Crippen LogP) is 3.29. The van der Waals surface area contributed by atoms with Crippen LogP contribution in [0.2, 0.25) is 5.02 Å². The van der Waals surface area contributed by atoms with Crippen LogP contribution in [0.5, 0.6) is 0 Å². The van der Waals surface area contributed by atoms with Crippen LogP contribution in [0, 0.1) is 6.92 Å². The Kier molecular flexibility index (Phi) is 1.85. The fourth-order valence-electron chi connectivity index (χ4n) is 1.19. The molecule has 62 valence electrons. The largest absolute Gasteiger partial charge is 0.278 e. The van der Waals surface area contributed by atoms with Crippen molar-refractivity contribution in [3.05, 3.63) is 27.3 Å². The average molecular weight is 246 g/mol. The van der Waals surface area contributed by atoms with Crippen LogP contribution < -0.4 is 0 Å². The van der Waals surface area contributed by atoms with Gasteiger partial charge < -0.3 is 0 Å². The molecule has 1 heterocycles. The molecule has 0 saturated heterocycles. The molecule has 0 radical (unpaired) electrons. The summed E-state index contributed by atoms with van der Waals surface area (Å²) in [6.07, 6.45) is 1.78. The molecule has 0 spiro atoms. The van der Waals surface area contributed by atoms with E-state index in [1.807, 2.05) is 13.0 Å². The first kappa shape index (κ1) is 8.08. The van der Waals surface area contributed by atoms with E-state index in [9.17, 15) is 0 Å². The van der Waals surface area contributed by atoms with E-state index in [0.717, 1.165) is 26.0 Å². The summed E-state index contributed by atoms with van der Waals surface area (Å²) in [5, 5.41) is 8.66. The predicted molar refractivity (Wildman–Crippen MR) is 53.5 cm³/mol. The maximum Gasteiger partial charge on any atom is 0.0695 e. The van der Waals surface area contributed by atoms with Crippen LogP contribution in [0.4, 0.5) is 0 Å². The quantitative estimate of drug-likeness (QED) is 0.758. The van der Waals surface area contributed by atoms with Crippen molar-refractivity contribution in [2.24, 2.45) is 0 Å². The molecule has 0 atom stereocenters. The molecule has 2 aromatic rings. The molecule has 12 heavy (non-hydrogen) atoms. The fraction of sp³-hybridized carbons (Fsp3) is 0.125. The van der Waals surface area contributed by atoms with Gasteiger partial charge in [0.05, 0.1) is 16.7 Å². The molecular formula is C8H6BrClN2. The highest BCUT2D eigenvalue weighted by Crippen LogP contribution is 2.31. The lowest BCUT2D eigenvalue weighted by atomic mass is 10.2. The highest BCUT2D eigenvalue weighted by Gasteiger charge is 2.07. The van der Waals surface area contributed by atoms with Gasteiger partial charge in [-0.25, -0.2) is 0 Å². The van der Waals surface area contributed by atoms with Crippen molar-refractivity contribution in [3.8, 4) is 0 Å². The van der Waals surface area contributed by atoms with Crippen LogP contribution in [0.15, 0.2) is 16.7 Å². The van der Waals surface area contributed by atoms with Crippen LogP contribution >= 0.6 is 27.5 Å². The molecule has 2 nitrogen and oxygen atoms in total. The molecule has 0 aliphatic heterocycles. The van der Waals surface area contributed by atoms with Crippen LogP contribution in [0.3, 0.4) is 0 Å². The molecule has 4 heteroatoms. The molecule has 0 amide bonds. The van der Waals surface area contributed by atoms with E-state index in [1.54, 1.807) is 6.20 Å². The van der Waals surface area contributed by atoms with E-state index in [2.05, 4.69) is 26.1 Å². The van der Waals surface area contributed by atoms with E-state index in [-0.39, 0.29) is 0 Å². The van der Waals surface area contributed by atoms with E-state index in [1.165, 1.54) is 0 Å². The van der Waals surface area contributed by atoms with Crippen LogP contribution in [0.25, 0.3) is 10.9 Å². The van der Waals surface area contributed by atoms with Crippen molar-refractivity contribution in [1.29, 1.82) is 0 Å². The zero-order valence-corrected chi connectivity index (χ0v) is 8.70. The summed E-state index contributed by atoms with van der Waals surface area (Å²) in [5.74, 6) is 0. The third kappa shape index (κ3) is 1.04. The van der Waals surface area contributed by atoms with Gasteiger partial charge in [0, 0.05) is 9.86 Å². The van der Waals surface area contributed by atoms with Gasteiger partial charge >= 0.3 is 0 Å². The Morgan fingerprint density at radius 2 is 2.33 bits per heavy atom. The second-order valence-electron chi connectivity index (χ2n) is 2.63. The van der Waals surface area contributed by atoms with Gasteiger partial charge in [0.25, 0.3) is 0 Å². The van der Waals surface area contributed by atoms with E-state index in [4.69, 9.17) is 11.6 Å². The van der Waals surface area contributed by atoms with Crippen molar-refractivity contribution >= 4 is 38.4 Å². The molecule has 0 saturated carbocycles. The average Bonchev–Trinajstić information content (AvgIpc) is 2.48. The number of halogens is 2. The Labute approximate surface area is 83.0 Å². The molecule has 1 aromatic heterocycles. The molecule has 1 aromatic carbocycles. The Morgan fingerprint density at radius 3 is 3.08 bits per heavy atom. The number of rotatable bonds is 0. The Bertz CT molecular complexity index is 436. The zero-order valence-electron chi connectivity index (χ0n) is 6.36. The van der Waals surface area contributed by atoms with Gasteiger partial charge in [0.2, 0.25) is 0 Å². The molecule has 0 aliphatic rings. The maximum absolute atomic E-state index is 6.02. The third-order valence-electron chi connectivity index (χ3n) is 1.86. The van der Waals surface area contributed by atoms with E-state index in [0.29, 0.717) is 0 Å². The summed E-state index contributed by atoms with van der Waals surface area (Å²) in [6.45, 7) is 1.97. The smallest absolute Gasteiger partial charge is 0.0695 e. The minimum Gasteiger partial charge on any atom is -0.278 e. The third-order valence-corrected chi connectivity index (χ3v) is 3.21. The second kappa shape index (κ2) is 2.75. The van der Waals surface area contributed by atoms with Crippen LogP contribution in [-0.2, 0) is 0 Å². The molecule has 0 aliphatic carbocycles. The first-order valence-corrected chi connectivity index (χ1v) is 4.65. The summed E-state index contributed by atoms with van der Waals surface area (Å²) in [4.78, 5) is 0. The number of nitrogens with zero attached hydrogens (tertiary/aromatic N) is 1. The summed E-state index contributed by atoms with van der Waals surface area (Å²) >= 11 is 9.40. The number of aromatic amines is 1. The van der Waals surface area contributed by atoms with Gasteiger partial charge in [-0.05, 0) is 34.5 Å². The van der Waals surface area contributed by atoms with Gasteiger partial charge in [-0.3, -0.25) is 5.10 Å². The number of hydrogen-bond acceptors (Lipinski definition) is 1. The van der Waals surface area contributed by atoms with Gasteiger partial charge in [-0.2, -0.15) is 5.10 Å². The summed E-state index contributed by atoms with van der Waals surface area (Å²) < 4.78 is 0.913. The fourth-order valence-corrected chi connectivity index (χ4v) is 1.89. The lowest BCUT2D eigenvalue weighted by Crippen LogP contribution is -1.80. The van der Waals surface area contributed by atoms with Crippen LogP contribution in [0.1, 0.15) is 5.56 Å². The Morgan fingerprint density at radius 1 is 1.58 bits per heavy atom. The second-order valence-corrected chi connectivity index (χ2v) is 3.86. The summed E-state index contributed by atoms with van der Waals surface area (Å²) in [6, 6.07) is 1.95. The minimum absolute atomic E-state index is 0.742. The van der Waals surface area contributed by atoms with Crippen molar-refractivity contribution < 1.29 is 0 Å². The Hall–Kier alpha value is -0.540. The Balaban J connectivity index is 2.94. The van der Waals surface area contributed by atoms with Gasteiger partial charge in [0.1, 0.15) is 0 Å². The minimum atomic E-state index is 0.742. The highest BCUT2D eigenvalue weighted by molar-refractivity contribution is 9.10. The van der Waals surface area contributed by atoms with Crippen molar-refractivity contribution in [2.45, 2.75) is 6.92 Å². The van der Waals surface area contributed by atoms with Crippen LogP contribution in [-0.4, -0.2) is 10.2 Å². The monoisotopic (exact) mass is 244 g/mol. The standard InChI is InChI=1S/C8H6BrClN2/c1-4-7(10)6(9)2-5-3-11-12-8(4)5/h2-3H,1H3,(H,11,12). The number of H-pyrrole nitrogens is 1. The number of aromatic nitrogens is 2. The molecule has 0 bridgehead atoms. The van der Waals surface area contributed by atoms with Crippen molar-refractivity contribution in [1.82, 2.24) is 10.2 Å². The lowest BCUT2D eigenvalue weighted by molar-refractivity contribution is 1.11. The lowest BCUT2D eigenvalue weighted by Gasteiger charge is -2.01. The maximum atomic E-state index is 6.02. The zero-order chi connectivity index (χ0) is 8.72. The number of hydrogen-bond donors (Lipinski definition) is 1. The van der Waals surface area contributed by atoms with Crippen molar-refractivity contribution in [3.63, 3.8) is 0 Å². The number of fused-ring (bicyclic) bond motifs is 1. The van der Waals surface area contributed by atoms with Gasteiger partial charge in [-0.1, -0.05) is 11.6 Å². The van der Waals surface area contributed by atoms with Gasteiger partial charge in [0.15, 0.2) is 0 Å². The molecule has 2 rings (SSSR count). The summed E-state index contributed by atoms with van der Waals surface area (Å²) in [5.41, 5.74) is 2.03. The molecule has 0 unspecified atom stereocenters. The number of nitrogens with one attached hydrogen (secondary N) is 1. The molecule has 1 N–H and O–H groups in total. The van der Waals surface area contributed by atoms with E-state index < -0.39 is 0 Å².